The van der Waals surface area contributed by atoms with Gasteiger partial charge in [-0.3, -0.25) is 0 Å². The second kappa shape index (κ2) is 5.05. The first-order chi connectivity index (χ1) is 8.85. The fraction of sp³-hybridized carbons (Fsp3) is 0.0833. The SMILES string of the molecule is Fc1ncc(-c2cccc(OC(F)(F)F)c2)cc1Cl. The van der Waals surface area contributed by atoms with Gasteiger partial charge in [-0.15, -0.1) is 13.2 Å². The Morgan fingerprint density at radius 2 is 1.84 bits per heavy atom. The normalized spacial score (nSPS) is 11.4. The third-order valence-electron chi connectivity index (χ3n) is 2.20. The fourth-order valence-corrected chi connectivity index (χ4v) is 1.62. The van der Waals surface area contributed by atoms with Gasteiger partial charge in [-0.2, -0.15) is 4.39 Å². The van der Waals surface area contributed by atoms with Crippen LogP contribution in [-0.2, 0) is 0 Å². The van der Waals surface area contributed by atoms with E-state index < -0.39 is 12.3 Å². The van der Waals surface area contributed by atoms with E-state index >= 15 is 0 Å². The molecule has 19 heavy (non-hydrogen) atoms. The highest BCUT2D eigenvalue weighted by Crippen LogP contribution is 2.29. The zero-order chi connectivity index (χ0) is 14.0. The van der Waals surface area contributed by atoms with Gasteiger partial charge in [-0.25, -0.2) is 4.98 Å². The number of pyridine rings is 1. The molecule has 0 spiro atoms. The maximum Gasteiger partial charge on any atom is 0.573 e. The molecule has 0 amide bonds. The van der Waals surface area contributed by atoms with Crippen LogP contribution < -0.4 is 4.74 Å². The molecule has 0 bridgehead atoms. The van der Waals surface area contributed by atoms with E-state index in [0.29, 0.717) is 11.1 Å². The minimum Gasteiger partial charge on any atom is -0.406 e. The van der Waals surface area contributed by atoms with E-state index in [1.165, 1.54) is 30.5 Å². The van der Waals surface area contributed by atoms with Gasteiger partial charge in [0.2, 0.25) is 5.95 Å². The standard InChI is InChI=1S/C12H6ClF4NO/c13-10-5-8(6-18-11(10)14)7-2-1-3-9(4-7)19-12(15,16)17/h1-6H. The van der Waals surface area contributed by atoms with E-state index in [9.17, 15) is 17.6 Å². The van der Waals surface area contributed by atoms with E-state index in [4.69, 9.17) is 11.6 Å². The van der Waals surface area contributed by atoms with Crippen LogP contribution in [0.15, 0.2) is 36.5 Å². The molecule has 1 heterocycles. The molecule has 0 unspecified atom stereocenters. The van der Waals surface area contributed by atoms with E-state index in [1.54, 1.807) is 0 Å². The van der Waals surface area contributed by atoms with Crippen molar-refractivity contribution in [2.24, 2.45) is 0 Å². The van der Waals surface area contributed by atoms with E-state index in [2.05, 4.69) is 9.72 Å². The maximum absolute atomic E-state index is 12.9. The van der Waals surface area contributed by atoms with Gasteiger partial charge >= 0.3 is 6.36 Å². The lowest BCUT2D eigenvalue weighted by molar-refractivity contribution is -0.274. The average Bonchev–Trinajstić information content (AvgIpc) is 2.31. The summed E-state index contributed by atoms with van der Waals surface area (Å²) in [6.07, 6.45) is -3.59. The van der Waals surface area contributed by atoms with Gasteiger partial charge in [-0.1, -0.05) is 23.7 Å². The first-order valence-corrected chi connectivity index (χ1v) is 5.40. The summed E-state index contributed by atoms with van der Waals surface area (Å²) in [5.41, 5.74) is 0.773. The van der Waals surface area contributed by atoms with E-state index in [-0.39, 0.29) is 10.8 Å². The average molecular weight is 292 g/mol. The van der Waals surface area contributed by atoms with Gasteiger partial charge in [0.15, 0.2) is 0 Å². The van der Waals surface area contributed by atoms with Gasteiger partial charge in [-0.05, 0) is 23.8 Å². The van der Waals surface area contributed by atoms with Crippen LogP contribution in [-0.4, -0.2) is 11.3 Å². The summed E-state index contributed by atoms with van der Waals surface area (Å²) < 4.78 is 53.0. The smallest absolute Gasteiger partial charge is 0.406 e. The van der Waals surface area contributed by atoms with Crippen LogP contribution in [0.3, 0.4) is 0 Å². The van der Waals surface area contributed by atoms with Gasteiger partial charge in [0.05, 0.1) is 5.02 Å². The topological polar surface area (TPSA) is 22.1 Å². The molecule has 0 aliphatic carbocycles. The van der Waals surface area contributed by atoms with E-state index in [1.807, 2.05) is 0 Å². The summed E-state index contributed by atoms with van der Waals surface area (Å²) >= 11 is 5.56. The Hall–Kier alpha value is -1.82. The van der Waals surface area contributed by atoms with Gasteiger partial charge < -0.3 is 4.74 Å². The number of hydrogen-bond acceptors (Lipinski definition) is 2. The van der Waals surface area contributed by atoms with Crippen molar-refractivity contribution in [1.82, 2.24) is 4.98 Å². The van der Waals surface area contributed by atoms with Gasteiger partial charge in [0.1, 0.15) is 5.75 Å². The third kappa shape index (κ3) is 3.57. The van der Waals surface area contributed by atoms with Crippen molar-refractivity contribution < 1.29 is 22.3 Å². The molecule has 7 heteroatoms. The number of halogens is 5. The monoisotopic (exact) mass is 291 g/mol. The number of nitrogens with zero attached hydrogens (tertiary/aromatic N) is 1. The summed E-state index contributed by atoms with van der Waals surface area (Å²) in [4.78, 5) is 3.40. The predicted octanol–water partition coefficient (Wildman–Crippen LogP) is 4.44. The number of alkyl halides is 3. The molecular formula is C12H6ClF4NO. The van der Waals surface area contributed by atoms with Crippen molar-refractivity contribution in [3.63, 3.8) is 0 Å². The third-order valence-corrected chi connectivity index (χ3v) is 2.46. The maximum atomic E-state index is 12.9. The van der Waals surface area contributed by atoms with Crippen LogP contribution in [0.1, 0.15) is 0 Å². The quantitative estimate of drug-likeness (QED) is 0.603. The number of rotatable bonds is 2. The van der Waals surface area contributed by atoms with E-state index in [0.717, 1.165) is 6.07 Å². The molecule has 0 saturated heterocycles. The van der Waals surface area contributed by atoms with Crippen LogP contribution in [0.4, 0.5) is 17.6 Å². The van der Waals surface area contributed by atoms with Crippen LogP contribution in [0.2, 0.25) is 5.02 Å². The second-order valence-corrected chi connectivity index (χ2v) is 3.98. The Morgan fingerprint density at radius 1 is 1.11 bits per heavy atom. The van der Waals surface area contributed by atoms with Crippen molar-refractivity contribution in [1.29, 1.82) is 0 Å². The highest BCUT2D eigenvalue weighted by Gasteiger charge is 2.31. The summed E-state index contributed by atoms with van der Waals surface area (Å²) in [5, 5.41) is -0.209. The fourth-order valence-electron chi connectivity index (χ4n) is 1.45. The predicted molar refractivity (Wildman–Crippen MR) is 61.3 cm³/mol. The molecule has 0 saturated carbocycles. The minimum absolute atomic E-state index is 0.209. The number of ether oxygens (including phenoxy) is 1. The second-order valence-electron chi connectivity index (χ2n) is 3.57. The summed E-state index contributed by atoms with van der Waals surface area (Å²) in [6, 6.07) is 6.52. The molecule has 1 aromatic heterocycles. The molecule has 100 valence electrons. The molecule has 1 aromatic carbocycles. The van der Waals surface area contributed by atoms with Gasteiger partial charge in [0, 0.05) is 11.8 Å². The van der Waals surface area contributed by atoms with Gasteiger partial charge in [0.25, 0.3) is 0 Å². The number of aromatic nitrogens is 1. The van der Waals surface area contributed by atoms with Crippen molar-refractivity contribution in [3.8, 4) is 16.9 Å². The van der Waals surface area contributed by atoms with Crippen molar-refractivity contribution in [2.45, 2.75) is 6.36 Å². The lowest BCUT2D eigenvalue weighted by Crippen LogP contribution is -2.17. The molecule has 0 N–H and O–H groups in total. The summed E-state index contributed by atoms with van der Waals surface area (Å²) in [6.45, 7) is 0. The number of hydrogen-bond donors (Lipinski definition) is 0. The van der Waals surface area contributed by atoms with Crippen molar-refractivity contribution in [2.75, 3.05) is 0 Å². The molecule has 0 aliphatic rings. The van der Waals surface area contributed by atoms with Crippen molar-refractivity contribution >= 4 is 11.6 Å². The van der Waals surface area contributed by atoms with Crippen LogP contribution in [0.25, 0.3) is 11.1 Å². The highest BCUT2D eigenvalue weighted by molar-refractivity contribution is 6.30. The zero-order valence-electron chi connectivity index (χ0n) is 9.21. The lowest BCUT2D eigenvalue weighted by Gasteiger charge is -2.10. The molecule has 0 aliphatic heterocycles. The zero-order valence-corrected chi connectivity index (χ0v) is 9.97. The highest BCUT2D eigenvalue weighted by atomic mass is 35.5. The van der Waals surface area contributed by atoms with Crippen molar-refractivity contribution in [3.05, 3.63) is 47.5 Å². The summed E-state index contributed by atoms with van der Waals surface area (Å²) in [5.74, 6) is -1.21. The minimum atomic E-state index is -4.77. The van der Waals surface area contributed by atoms with Crippen LogP contribution in [0, 0.1) is 5.95 Å². The Bertz CT molecular complexity index is 601. The Balaban J connectivity index is 2.35. The molecular weight excluding hydrogens is 286 g/mol. The molecule has 2 aromatic rings. The Morgan fingerprint density at radius 3 is 2.47 bits per heavy atom. The Kier molecular flexibility index (Phi) is 3.61. The van der Waals surface area contributed by atoms with Crippen LogP contribution >= 0.6 is 11.6 Å². The van der Waals surface area contributed by atoms with Crippen LogP contribution in [0.5, 0.6) is 5.75 Å². The molecule has 0 fully saturated rings. The lowest BCUT2D eigenvalue weighted by atomic mass is 10.1. The first kappa shape index (κ1) is 13.6. The summed E-state index contributed by atoms with van der Waals surface area (Å²) in [7, 11) is 0. The number of benzene rings is 1. The Labute approximate surface area is 110 Å². The molecule has 2 rings (SSSR count). The molecule has 2 nitrogen and oxygen atoms in total. The molecule has 0 atom stereocenters. The first-order valence-electron chi connectivity index (χ1n) is 5.02. The molecule has 0 radical (unpaired) electrons. The largest absolute Gasteiger partial charge is 0.573 e.